The summed E-state index contributed by atoms with van der Waals surface area (Å²) in [5.41, 5.74) is 4.52. The van der Waals surface area contributed by atoms with Gasteiger partial charge in [-0.25, -0.2) is 9.18 Å². The van der Waals surface area contributed by atoms with Gasteiger partial charge in [0.15, 0.2) is 5.12 Å². The molecule has 3 rings (SSSR count). The number of nitrogens with zero attached hydrogens (tertiary/aromatic N) is 2. The molecule has 1 aliphatic heterocycles. The Hall–Kier alpha value is -1.69. The summed E-state index contributed by atoms with van der Waals surface area (Å²) in [4.78, 5) is 27.9. The molecular weight excluding hydrogens is 528 g/mol. The van der Waals surface area contributed by atoms with E-state index in [4.69, 9.17) is 24.4 Å². The van der Waals surface area contributed by atoms with Gasteiger partial charge in [0.25, 0.3) is 0 Å². The highest BCUT2D eigenvalue weighted by molar-refractivity contribution is 8.13. The highest BCUT2D eigenvalue weighted by Crippen LogP contribution is 2.46. The zero-order valence-electron chi connectivity index (χ0n) is 20.7. The molecule has 1 aromatic heterocycles. The van der Waals surface area contributed by atoms with Gasteiger partial charge in [0.05, 0.1) is 13.2 Å². The standard InChI is InChI=1S/C22H29FN3O5PS2.CH4O/c1-22(2,3)20(27)33-12-11-29-32(31-15-7-5-4-6-8-15)30-14-16-13-17(23)19(34-16)26-10-9-18(24)25-21(26)28;1-2/h4-10,16-17,19H,11-14H2,1-3H3,(H2,24,25,28);2H,1H3. The van der Waals surface area contributed by atoms with Gasteiger partial charge >= 0.3 is 14.3 Å². The van der Waals surface area contributed by atoms with Gasteiger partial charge in [-0.05, 0) is 24.6 Å². The zero-order chi connectivity index (χ0) is 26.7. The molecule has 4 unspecified atom stereocenters. The average molecular weight is 562 g/mol. The second-order valence-corrected chi connectivity index (χ2v) is 12.2. The van der Waals surface area contributed by atoms with Gasteiger partial charge in [-0.2, -0.15) is 4.98 Å². The van der Waals surface area contributed by atoms with Crippen LogP contribution < -0.4 is 15.9 Å². The summed E-state index contributed by atoms with van der Waals surface area (Å²) in [6, 6.07) is 10.6. The summed E-state index contributed by atoms with van der Waals surface area (Å²) < 4.78 is 33.5. The van der Waals surface area contributed by atoms with E-state index in [1.165, 1.54) is 40.4 Å². The minimum absolute atomic E-state index is 0.0834. The van der Waals surface area contributed by atoms with Crippen LogP contribution >= 0.6 is 32.1 Å². The molecule has 0 aliphatic carbocycles. The van der Waals surface area contributed by atoms with Crippen LogP contribution in [0.25, 0.3) is 0 Å². The number of thioether (sulfide) groups is 2. The van der Waals surface area contributed by atoms with Gasteiger partial charge in [-0.15, -0.1) is 11.8 Å². The van der Waals surface area contributed by atoms with Crippen molar-refractivity contribution in [1.82, 2.24) is 9.55 Å². The number of para-hydroxylation sites is 1. The second kappa shape index (κ2) is 14.9. The smallest absolute Gasteiger partial charge is 0.397 e. The van der Waals surface area contributed by atoms with Crippen molar-refractivity contribution in [3.8, 4) is 5.75 Å². The van der Waals surface area contributed by atoms with Crippen molar-refractivity contribution < 1.29 is 27.9 Å². The molecule has 1 fully saturated rings. The topological polar surface area (TPSA) is 126 Å². The van der Waals surface area contributed by atoms with Crippen molar-refractivity contribution in [3.63, 3.8) is 0 Å². The molecule has 0 spiro atoms. The number of nitrogens with two attached hydrogens (primary N) is 1. The fourth-order valence-corrected chi connectivity index (χ4v) is 6.37. The molecule has 13 heteroatoms. The van der Waals surface area contributed by atoms with Crippen molar-refractivity contribution in [1.29, 1.82) is 0 Å². The monoisotopic (exact) mass is 561 g/mol. The van der Waals surface area contributed by atoms with Gasteiger partial charge in [-0.1, -0.05) is 50.7 Å². The first-order valence-corrected chi connectivity index (χ1v) is 14.2. The molecule has 9 nitrogen and oxygen atoms in total. The van der Waals surface area contributed by atoms with E-state index >= 15 is 0 Å². The SMILES string of the molecule is CC(C)(C)C(=O)SCCOP(OCC1CC(F)C(n2ccc(N)nc2=O)S1)Oc1ccccc1.CO. The van der Waals surface area contributed by atoms with Crippen molar-refractivity contribution in [2.75, 3.05) is 31.8 Å². The second-order valence-electron chi connectivity index (χ2n) is 8.59. The largest absolute Gasteiger partial charge is 0.427 e. The van der Waals surface area contributed by atoms with Crippen LogP contribution in [-0.4, -0.2) is 57.3 Å². The van der Waals surface area contributed by atoms with Crippen LogP contribution in [0.4, 0.5) is 10.2 Å². The van der Waals surface area contributed by atoms with Gasteiger partial charge in [0, 0.05) is 29.7 Å². The van der Waals surface area contributed by atoms with Gasteiger partial charge in [0.2, 0.25) is 0 Å². The zero-order valence-corrected chi connectivity index (χ0v) is 23.2. The molecule has 1 aromatic carbocycles. The fourth-order valence-electron chi connectivity index (χ4n) is 2.94. The number of carbonyl (C=O) groups is 1. The molecule has 1 saturated heterocycles. The first-order valence-electron chi connectivity index (χ1n) is 11.2. The summed E-state index contributed by atoms with van der Waals surface area (Å²) in [6.07, 6.45) is 0.448. The van der Waals surface area contributed by atoms with E-state index in [-0.39, 0.29) is 35.8 Å². The Morgan fingerprint density at radius 3 is 2.61 bits per heavy atom. The van der Waals surface area contributed by atoms with E-state index < -0.39 is 31.3 Å². The molecule has 0 bridgehead atoms. The van der Waals surface area contributed by atoms with Crippen molar-refractivity contribution in [2.45, 2.75) is 44.0 Å². The molecule has 36 heavy (non-hydrogen) atoms. The third kappa shape index (κ3) is 9.64. The van der Waals surface area contributed by atoms with E-state index in [0.29, 0.717) is 11.5 Å². The van der Waals surface area contributed by atoms with Crippen LogP contribution in [0.15, 0.2) is 47.4 Å². The molecule has 0 radical (unpaired) electrons. The quantitative estimate of drug-likeness (QED) is 0.318. The van der Waals surface area contributed by atoms with Crippen LogP contribution in [0.2, 0.25) is 0 Å². The Balaban J connectivity index is 0.00000222. The fraction of sp³-hybridized carbons (Fsp3) is 0.522. The molecule has 1 aliphatic rings. The van der Waals surface area contributed by atoms with E-state index in [0.717, 1.165) is 7.11 Å². The lowest BCUT2D eigenvalue weighted by Crippen LogP contribution is -2.28. The number of rotatable bonds is 10. The number of halogens is 1. The number of aliphatic hydroxyl groups excluding tert-OH is 1. The Morgan fingerprint density at radius 2 is 1.97 bits per heavy atom. The number of aliphatic hydroxyl groups is 1. The predicted molar refractivity (Wildman–Crippen MR) is 144 cm³/mol. The Labute approximate surface area is 220 Å². The van der Waals surface area contributed by atoms with E-state index in [1.807, 2.05) is 39.0 Å². The third-order valence-corrected chi connectivity index (χ3v) is 8.54. The summed E-state index contributed by atoms with van der Waals surface area (Å²) in [6.45, 7) is 6.07. The molecule has 0 amide bonds. The van der Waals surface area contributed by atoms with Crippen molar-refractivity contribution in [3.05, 3.63) is 53.1 Å². The molecule has 2 aromatic rings. The number of anilines is 1. The number of nitrogen functional groups attached to an aromatic ring is 1. The normalized spacial score (nSPS) is 20.3. The van der Waals surface area contributed by atoms with Crippen LogP contribution in [0, 0.1) is 5.41 Å². The Morgan fingerprint density at radius 1 is 1.28 bits per heavy atom. The maximum absolute atomic E-state index is 14.7. The van der Waals surface area contributed by atoms with Crippen molar-refractivity contribution >= 4 is 43.1 Å². The number of carbonyl (C=O) groups excluding carboxylic acids is 1. The number of hydrogen-bond acceptors (Lipinski definition) is 10. The van der Waals surface area contributed by atoms with E-state index in [2.05, 4.69) is 4.98 Å². The molecule has 0 saturated carbocycles. The summed E-state index contributed by atoms with van der Waals surface area (Å²) in [5, 5.41) is 6.19. The van der Waals surface area contributed by atoms with Crippen LogP contribution in [0.1, 0.15) is 32.6 Å². The maximum Gasteiger partial charge on any atom is 0.397 e. The van der Waals surface area contributed by atoms with Crippen LogP contribution in [0.3, 0.4) is 0 Å². The van der Waals surface area contributed by atoms with Crippen LogP contribution in [-0.2, 0) is 13.8 Å². The lowest BCUT2D eigenvalue weighted by molar-refractivity contribution is -0.117. The maximum atomic E-state index is 14.7. The summed E-state index contributed by atoms with van der Waals surface area (Å²) in [5.74, 6) is 1.16. The molecule has 200 valence electrons. The first kappa shape index (κ1) is 30.5. The van der Waals surface area contributed by atoms with Gasteiger partial charge in [-0.3, -0.25) is 9.36 Å². The lowest BCUT2D eigenvalue weighted by Gasteiger charge is -2.20. The lowest BCUT2D eigenvalue weighted by atomic mass is 10.00. The summed E-state index contributed by atoms with van der Waals surface area (Å²) in [7, 11) is -0.763. The molecule has 3 N–H and O–H groups in total. The molecular formula is C23H33FN3O6PS2. The molecule has 4 atom stereocenters. The number of benzene rings is 1. The number of alkyl halides is 1. The number of aromatic nitrogens is 2. The number of hydrogen-bond donors (Lipinski definition) is 2. The van der Waals surface area contributed by atoms with Gasteiger partial charge in [0.1, 0.15) is 23.1 Å². The third-order valence-electron chi connectivity index (χ3n) is 4.67. The average Bonchev–Trinajstić information content (AvgIpc) is 3.21. The van der Waals surface area contributed by atoms with E-state index in [9.17, 15) is 14.0 Å². The highest BCUT2D eigenvalue weighted by atomic mass is 32.2. The summed E-state index contributed by atoms with van der Waals surface area (Å²) >= 11 is 2.52. The Kier molecular flexibility index (Phi) is 12.6. The highest BCUT2D eigenvalue weighted by Gasteiger charge is 2.38. The van der Waals surface area contributed by atoms with Crippen molar-refractivity contribution in [2.24, 2.45) is 5.41 Å². The first-order chi connectivity index (χ1) is 17.1. The minimum Gasteiger partial charge on any atom is -0.427 e. The van der Waals surface area contributed by atoms with E-state index in [1.54, 1.807) is 12.1 Å². The predicted octanol–water partition coefficient (Wildman–Crippen LogP) is 4.42. The molecule has 2 heterocycles. The minimum atomic E-state index is -1.76. The van der Waals surface area contributed by atoms with Crippen LogP contribution in [0.5, 0.6) is 5.75 Å². The Bertz CT molecular complexity index is 1010. The van der Waals surface area contributed by atoms with Gasteiger partial charge < -0.3 is 24.4 Å².